The number of urea groups is 1. The first kappa shape index (κ1) is 17.8. The molecule has 9 heteroatoms. The van der Waals surface area contributed by atoms with Gasteiger partial charge < -0.3 is 10.6 Å². The minimum atomic E-state index is -3.36. The number of benzene rings is 2. The summed E-state index contributed by atoms with van der Waals surface area (Å²) in [5.41, 5.74) is 2.01. The molecule has 0 aliphatic heterocycles. The Labute approximate surface area is 154 Å². The maximum absolute atomic E-state index is 12.1. The van der Waals surface area contributed by atoms with Crippen molar-refractivity contribution in [1.82, 2.24) is 4.98 Å². The number of fused-ring (bicyclic) bond motifs is 1. The van der Waals surface area contributed by atoms with Crippen molar-refractivity contribution in [3.8, 4) is 6.07 Å². The molecule has 3 rings (SSSR count). The van der Waals surface area contributed by atoms with Gasteiger partial charge in [-0.25, -0.2) is 18.2 Å². The lowest BCUT2D eigenvalue weighted by atomic mass is 10.2. The molecule has 0 aliphatic carbocycles. The molecule has 132 valence electrons. The van der Waals surface area contributed by atoms with Crippen LogP contribution in [-0.4, -0.2) is 25.2 Å². The van der Waals surface area contributed by atoms with Crippen LogP contribution in [0.25, 0.3) is 10.2 Å². The minimum Gasteiger partial charge on any atom is -0.308 e. The normalized spacial score (nSPS) is 11.1. The van der Waals surface area contributed by atoms with E-state index >= 15 is 0 Å². The summed E-state index contributed by atoms with van der Waals surface area (Å²) in [7, 11) is -3.36. The quantitative estimate of drug-likeness (QED) is 0.711. The Bertz CT molecular complexity index is 1130. The van der Waals surface area contributed by atoms with Gasteiger partial charge in [-0.2, -0.15) is 5.26 Å². The number of aromatic nitrogens is 1. The molecule has 2 aromatic carbocycles. The minimum absolute atomic E-state index is 0.0118. The third-order valence-corrected chi connectivity index (χ3v) is 6.73. The second-order valence-corrected chi connectivity index (χ2v) is 8.82. The number of carbonyl (C=O) groups excluding carboxylic acids is 1. The van der Waals surface area contributed by atoms with Gasteiger partial charge in [0.25, 0.3) is 0 Å². The molecule has 2 N–H and O–H groups in total. The topological polar surface area (TPSA) is 112 Å². The highest BCUT2D eigenvalue weighted by Crippen LogP contribution is 2.28. The van der Waals surface area contributed by atoms with Crippen LogP contribution in [0, 0.1) is 11.3 Å². The molecule has 0 bridgehead atoms. The third-order valence-electron chi connectivity index (χ3n) is 3.52. The fourth-order valence-electron chi connectivity index (χ4n) is 2.20. The summed E-state index contributed by atoms with van der Waals surface area (Å²) in [6.45, 7) is 1.57. The molecule has 26 heavy (non-hydrogen) atoms. The van der Waals surface area contributed by atoms with Crippen LogP contribution in [0.4, 0.5) is 16.2 Å². The Morgan fingerprint density at radius 1 is 1.19 bits per heavy atom. The van der Waals surface area contributed by atoms with E-state index in [1.54, 1.807) is 49.4 Å². The number of thiazole rings is 1. The number of amides is 2. The van der Waals surface area contributed by atoms with E-state index in [9.17, 15) is 13.2 Å². The van der Waals surface area contributed by atoms with Crippen LogP contribution in [0.3, 0.4) is 0 Å². The fraction of sp³-hybridized carbons (Fsp3) is 0.118. The molecule has 3 aromatic rings. The van der Waals surface area contributed by atoms with Crippen molar-refractivity contribution in [3.63, 3.8) is 0 Å². The van der Waals surface area contributed by atoms with Crippen LogP contribution < -0.4 is 10.6 Å². The molecule has 2 amide bonds. The van der Waals surface area contributed by atoms with E-state index < -0.39 is 15.9 Å². The third kappa shape index (κ3) is 3.82. The van der Waals surface area contributed by atoms with Crippen molar-refractivity contribution in [3.05, 3.63) is 48.0 Å². The Kier molecular flexibility index (Phi) is 4.88. The van der Waals surface area contributed by atoms with Gasteiger partial charge in [0.1, 0.15) is 0 Å². The number of nitrogens with zero attached hydrogens (tertiary/aromatic N) is 2. The SMILES string of the molecule is CCS(=O)(=O)c1nc2ccc(NC(=O)Nc3cccc(C#N)c3)cc2s1. The number of nitrogens with one attached hydrogen (secondary N) is 2. The summed E-state index contributed by atoms with van der Waals surface area (Å²) in [6.07, 6.45) is 0. The number of nitriles is 1. The second kappa shape index (κ2) is 7.11. The zero-order valence-corrected chi connectivity index (χ0v) is 15.3. The highest BCUT2D eigenvalue weighted by molar-refractivity contribution is 7.93. The van der Waals surface area contributed by atoms with E-state index in [-0.39, 0.29) is 10.1 Å². The predicted octanol–water partition coefficient (Wildman–Crippen LogP) is 3.61. The number of hydrogen-bond donors (Lipinski definition) is 2. The van der Waals surface area contributed by atoms with Crippen molar-refractivity contribution >= 4 is 48.8 Å². The Morgan fingerprint density at radius 2 is 1.92 bits per heavy atom. The smallest absolute Gasteiger partial charge is 0.308 e. The molecular formula is C17H14N4O3S2. The van der Waals surface area contributed by atoms with Crippen LogP contribution >= 0.6 is 11.3 Å². The van der Waals surface area contributed by atoms with E-state index in [0.29, 0.717) is 27.2 Å². The van der Waals surface area contributed by atoms with Gasteiger partial charge in [-0.1, -0.05) is 13.0 Å². The summed E-state index contributed by atoms with van der Waals surface area (Å²) < 4.78 is 24.6. The van der Waals surface area contributed by atoms with E-state index in [0.717, 1.165) is 11.3 Å². The molecule has 1 heterocycles. The van der Waals surface area contributed by atoms with Crippen molar-refractivity contribution in [2.75, 3.05) is 16.4 Å². The summed E-state index contributed by atoms with van der Waals surface area (Å²) in [5, 5.41) is 14.2. The zero-order valence-electron chi connectivity index (χ0n) is 13.7. The van der Waals surface area contributed by atoms with Gasteiger partial charge in [0.15, 0.2) is 0 Å². The summed E-state index contributed by atoms with van der Waals surface area (Å²) in [5.74, 6) is -0.0118. The van der Waals surface area contributed by atoms with Gasteiger partial charge in [0.05, 0.1) is 27.6 Å². The number of rotatable bonds is 4. The average Bonchev–Trinajstić information content (AvgIpc) is 3.06. The molecular weight excluding hydrogens is 372 g/mol. The first-order chi connectivity index (χ1) is 12.4. The molecule has 0 spiro atoms. The molecule has 0 aliphatic rings. The van der Waals surface area contributed by atoms with E-state index in [1.807, 2.05) is 6.07 Å². The van der Waals surface area contributed by atoms with Gasteiger partial charge in [0.2, 0.25) is 14.2 Å². The van der Waals surface area contributed by atoms with Crippen molar-refractivity contribution in [2.24, 2.45) is 0 Å². The lowest BCUT2D eigenvalue weighted by molar-refractivity contribution is 0.262. The predicted molar refractivity (Wildman–Crippen MR) is 101 cm³/mol. The molecule has 0 fully saturated rings. The van der Waals surface area contributed by atoms with Crippen LogP contribution in [0.5, 0.6) is 0 Å². The molecule has 0 saturated heterocycles. The standard InChI is InChI=1S/C17H14N4O3S2/c1-2-26(23,24)17-21-14-7-6-13(9-15(14)25-17)20-16(22)19-12-5-3-4-11(8-12)10-18/h3-9H,2H2,1H3,(H2,19,20,22). The molecule has 0 atom stereocenters. The van der Waals surface area contributed by atoms with Crippen LogP contribution in [-0.2, 0) is 9.84 Å². The van der Waals surface area contributed by atoms with Gasteiger partial charge in [-0.15, -0.1) is 11.3 Å². The van der Waals surface area contributed by atoms with E-state index in [1.165, 1.54) is 0 Å². The number of anilines is 2. The van der Waals surface area contributed by atoms with Crippen molar-refractivity contribution in [1.29, 1.82) is 5.26 Å². The van der Waals surface area contributed by atoms with Gasteiger partial charge in [-0.05, 0) is 36.4 Å². The Hall–Kier alpha value is -2.96. The monoisotopic (exact) mass is 386 g/mol. The number of hydrogen-bond acceptors (Lipinski definition) is 6. The number of sulfone groups is 1. The molecule has 7 nitrogen and oxygen atoms in total. The fourth-order valence-corrected chi connectivity index (χ4v) is 4.55. The first-order valence-corrected chi connectivity index (χ1v) is 10.1. The van der Waals surface area contributed by atoms with Crippen molar-refractivity contribution in [2.45, 2.75) is 11.3 Å². The average molecular weight is 386 g/mol. The van der Waals surface area contributed by atoms with Gasteiger partial charge >= 0.3 is 6.03 Å². The highest BCUT2D eigenvalue weighted by Gasteiger charge is 2.17. The van der Waals surface area contributed by atoms with Crippen molar-refractivity contribution < 1.29 is 13.2 Å². The lowest BCUT2D eigenvalue weighted by Gasteiger charge is -2.07. The molecule has 0 saturated carbocycles. The molecule has 1 aromatic heterocycles. The first-order valence-electron chi connectivity index (χ1n) is 7.63. The van der Waals surface area contributed by atoms with Crippen LogP contribution in [0.15, 0.2) is 46.8 Å². The molecule has 0 radical (unpaired) electrons. The second-order valence-electron chi connectivity index (χ2n) is 5.34. The Balaban J connectivity index is 1.78. The Morgan fingerprint density at radius 3 is 2.62 bits per heavy atom. The maximum Gasteiger partial charge on any atom is 0.323 e. The lowest BCUT2D eigenvalue weighted by Crippen LogP contribution is -2.19. The highest BCUT2D eigenvalue weighted by atomic mass is 32.2. The van der Waals surface area contributed by atoms with Gasteiger partial charge in [-0.3, -0.25) is 0 Å². The summed E-state index contributed by atoms with van der Waals surface area (Å²) in [6, 6.07) is 13.1. The zero-order chi connectivity index (χ0) is 18.7. The molecule has 0 unspecified atom stereocenters. The summed E-state index contributed by atoms with van der Waals surface area (Å²) in [4.78, 5) is 16.2. The number of carbonyl (C=O) groups is 1. The van der Waals surface area contributed by atoms with Crippen LogP contribution in [0.2, 0.25) is 0 Å². The maximum atomic E-state index is 12.1. The van der Waals surface area contributed by atoms with E-state index in [4.69, 9.17) is 5.26 Å². The van der Waals surface area contributed by atoms with E-state index in [2.05, 4.69) is 15.6 Å². The largest absolute Gasteiger partial charge is 0.323 e. The summed E-state index contributed by atoms with van der Waals surface area (Å²) >= 11 is 1.07. The van der Waals surface area contributed by atoms with Crippen LogP contribution in [0.1, 0.15) is 12.5 Å². The van der Waals surface area contributed by atoms with Gasteiger partial charge in [0, 0.05) is 11.4 Å².